The van der Waals surface area contributed by atoms with Crippen LogP contribution in [0.5, 0.6) is 0 Å². The fourth-order valence-electron chi connectivity index (χ4n) is 2.39. The fraction of sp³-hybridized carbons (Fsp3) is 0.467. The van der Waals surface area contributed by atoms with Crippen LogP contribution in [-0.4, -0.2) is 23.9 Å². The van der Waals surface area contributed by atoms with Gasteiger partial charge in [-0.15, -0.1) is 0 Å². The lowest BCUT2D eigenvalue weighted by Gasteiger charge is -2.42. The summed E-state index contributed by atoms with van der Waals surface area (Å²) in [7, 11) is 0. The Balaban J connectivity index is 2.48. The van der Waals surface area contributed by atoms with Crippen LogP contribution in [0.25, 0.3) is 0 Å². The Hall–Kier alpha value is -1.98. The van der Waals surface area contributed by atoms with Crippen molar-refractivity contribution in [3.8, 4) is 0 Å². The van der Waals surface area contributed by atoms with E-state index in [1.807, 2.05) is 20.8 Å². The van der Waals surface area contributed by atoms with Gasteiger partial charge in [0.25, 0.3) is 5.91 Å². The van der Waals surface area contributed by atoms with Gasteiger partial charge in [-0.05, 0) is 24.5 Å². The van der Waals surface area contributed by atoms with Crippen molar-refractivity contribution in [2.45, 2.75) is 39.8 Å². The highest BCUT2D eigenvalue weighted by atomic mass is 19.1. The maximum Gasteiger partial charge on any atom is 0.250 e. The third kappa shape index (κ3) is 2.89. The molecule has 0 spiro atoms. The zero-order valence-corrected chi connectivity index (χ0v) is 12.4. The lowest BCUT2D eigenvalue weighted by atomic mass is 9.84. The summed E-state index contributed by atoms with van der Waals surface area (Å²) in [5, 5.41) is 2.67. The largest absolute Gasteiger partial charge is 0.342 e. The van der Waals surface area contributed by atoms with Crippen molar-refractivity contribution in [1.29, 1.82) is 0 Å². The second-order valence-electron chi connectivity index (χ2n) is 6.32. The number of piperazine rings is 1. The highest BCUT2D eigenvalue weighted by molar-refractivity contribution is 6.08. The van der Waals surface area contributed by atoms with Gasteiger partial charge in [0.1, 0.15) is 23.7 Å². The Labute approximate surface area is 122 Å². The van der Waals surface area contributed by atoms with Gasteiger partial charge in [-0.2, -0.15) is 0 Å². The number of nitrogens with zero attached hydrogens (tertiary/aromatic N) is 1. The molecule has 1 aliphatic rings. The Morgan fingerprint density at radius 1 is 1.10 bits per heavy atom. The molecule has 2 atom stereocenters. The molecule has 1 saturated heterocycles. The van der Waals surface area contributed by atoms with E-state index < -0.39 is 29.1 Å². The SMILES string of the molecule is CC1C(=O)NC(C(C)(C)C)C(=O)N1c1cc(F)cc(F)c1. The second-order valence-corrected chi connectivity index (χ2v) is 6.32. The number of amides is 2. The van der Waals surface area contributed by atoms with E-state index >= 15 is 0 Å². The van der Waals surface area contributed by atoms with Crippen LogP contribution in [0.2, 0.25) is 0 Å². The van der Waals surface area contributed by atoms with E-state index in [0.29, 0.717) is 0 Å². The van der Waals surface area contributed by atoms with E-state index in [1.54, 1.807) is 0 Å². The molecule has 21 heavy (non-hydrogen) atoms. The molecule has 6 heteroatoms. The number of carbonyl (C=O) groups excluding carboxylic acids is 2. The van der Waals surface area contributed by atoms with Crippen molar-refractivity contribution in [3.63, 3.8) is 0 Å². The van der Waals surface area contributed by atoms with Crippen LogP contribution in [0.4, 0.5) is 14.5 Å². The number of benzene rings is 1. The van der Waals surface area contributed by atoms with E-state index in [9.17, 15) is 18.4 Å². The fourth-order valence-corrected chi connectivity index (χ4v) is 2.39. The van der Waals surface area contributed by atoms with E-state index in [-0.39, 0.29) is 17.5 Å². The molecule has 1 aromatic rings. The first-order chi connectivity index (χ1) is 9.61. The molecule has 2 rings (SSSR count). The van der Waals surface area contributed by atoms with Gasteiger partial charge in [-0.3, -0.25) is 14.5 Å². The molecule has 0 bridgehead atoms. The lowest BCUT2D eigenvalue weighted by molar-refractivity contribution is -0.136. The number of hydrogen-bond acceptors (Lipinski definition) is 2. The monoisotopic (exact) mass is 296 g/mol. The van der Waals surface area contributed by atoms with Crippen molar-refractivity contribution in [3.05, 3.63) is 29.8 Å². The van der Waals surface area contributed by atoms with Crippen molar-refractivity contribution in [2.75, 3.05) is 4.90 Å². The minimum absolute atomic E-state index is 0.0501. The van der Waals surface area contributed by atoms with Crippen molar-refractivity contribution >= 4 is 17.5 Å². The van der Waals surface area contributed by atoms with Gasteiger partial charge in [0, 0.05) is 6.07 Å². The van der Waals surface area contributed by atoms with Gasteiger partial charge in [0.05, 0.1) is 5.69 Å². The molecule has 114 valence electrons. The maximum atomic E-state index is 13.4. The maximum absolute atomic E-state index is 13.4. The molecule has 0 aliphatic carbocycles. The quantitative estimate of drug-likeness (QED) is 0.864. The third-order valence-electron chi connectivity index (χ3n) is 3.53. The minimum atomic E-state index is -0.822. The smallest absolute Gasteiger partial charge is 0.250 e. The number of carbonyl (C=O) groups is 2. The Bertz CT molecular complexity index is 576. The minimum Gasteiger partial charge on any atom is -0.342 e. The summed E-state index contributed by atoms with van der Waals surface area (Å²) < 4.78 is 26.8. The summed E-state index contributed by atoms with van der Waals surface area (Å²) in [4.78, 5) is 25.8. The number of anilines is 1. The van der Waals surface area contributed by atoms with Crippen LogP contribution in [0, 0.1) is 17.0 Å². The predicted octanol–water partition coefficient (Wildman–Crippen LogP) is 2.23. The molecular weight excluding hydrogens is 278 g/mol. The van der Waals surface area contributed by atoms with E-state index in [0.717, 1.165) is 23.1 Å². The molecule has 1 aliphatic heterocycles. The van der Waals surface area contributed by atoms with Crippen LogP contribution >= 0.6 is 0 Å². The molecule has 1 aromatic carbocycles. The summed E-state index contributed by atoms with van der Waals surface area (Å²) in [5.41, 5.74) is -0.453. The van der Waals surface area contributed by atoms with E-state index in [1.165, 1.54) is 6.92 Å². The predicted molar refractivity (Wildman–Crippen MR) is 74.7 cm³/mol. The Morgan fingerprint density at radius 2 is 1.62 bits per heavy atom. The highest BCUT2D eigenvalue weighted by Gasteiger charge is 2.44. The van der Waals surface area contributed by atoms with Crippen molar-refractivity contribution < 1.29 is 18.4 Å². The summed E-state index contributed by atoms with van der Waals surface area (Å²) in [5.74, 6) is -2.30. The number of nitrogens with one attached hydrogen (secondary N) is 1. The summed E-state index contributed by atoms with van der Waals surface area (Å²) in [6, 6.07) is 1.26. The van der Waals surface area contributed by atoms with Crippen LogP contribution in [0.15, 0.2) is 18.2 Å². The first-order valence-electron chi connectivity index (χ1n) is 6.71. The van der Waals surface area contributed by atoms with E-state index in [2.05, 4.69) is 5.32 Å². The molecule has 2 unspecified atom stereocenters. The number of hydrogen-bond donors (Lipinski definition) is 1. The van der Waals surface area contributed by atoms with Gasteiger partial charge in [0.15, 0.2) is 0 Å². The van der Waals surface area contributed by atoms with Crippen LogP contribution < -0.4 is 10.2 Å². The molecule has 0 aromatic heterocycles. The van der Waals surface area contributed by atoms with Gasteiger partial charge >= 0.3 is 0 Å². The van der Waals surface area contributed by atoms with Crippen LogP contribution in [-0.2, 0) is 9.59 Å². The molecule has 0 saturated carbocycles. The average molecular weight is 296 g/mol. The topological polar surface area (TPSA) is 49.4 Å². The van der Waals surface area contributed by atoms with Gasteiger partial charge in [0.2, 0.25) is 5.91 Å². The van der Waals surface area contributed by atoms with Crippen LogP contribution in [0.3, 0.4) is 0 Å². The molecular formula is C15H18F2N2O2. The zero-order valence-electron chi connectivity index (χ0n) is 12.4. The number of halogens is 2. The summed E-state index contributed by atoms with van der Waals surface area (Å²) in [6.45, 7) is 6.97. The van der Waals surface area contributed by atoms with Gasteiger partial charge in [-0.25, -0.2) is 8.78 Å². The molecule has 2 amide bonds. The standard InChI is InChI=1S/C15H18F2N2O2/c1-8-13(20)18-12(15(2,3)4)14(21)19(8)11-6-9(16)5-10(17)7-11/h5-8,12H,1-4H3,(H,18,20). The molecule has 4 nitrogen and oxygen atoms in total. The first-order valence-corrected chi connectivity index (χ1v) is 6.71. The third-order valence-corrected chi connectivity index (χ3v) is 3.53. The van der Waals surface area contributed by atoms with Crippen molar-refractivity contribution in [2.24, 2.45) is 5.41 Å². The normalized spacial score (nSPS) is 23.2. The summed E-state index contributed by atoms with van der Waals surface area (Å²) in [6.07, 6.45) is 0. The van der Waals surface area contributed by atoms with Crippen molar-refractivity contribution in [1.82, 2.24) is 5.32 Å². The van der Waals surface area contributed by atoms with E-state index in [4.69, 9.17) is 0 Å². The average Bonchev–Trinajstić information content (AvgIpc) is 2.31. The number of rotatable bonds is 1. The zero-order chi connectivity index (χ0) is 15.9. The Kier molecular flexibility index (Phi) is 3.74. The molecule has 0 radical (unpaired) electrons. The van der Waals surface area contributed by atoms with Crippen LogP contribution in [0.1, 0.15) is 27.7 Å². The molecule has 1 heterocycles. The Morgan fingerprint density at radius 3 is 2.10 bits per heavy atom. The second kappa shape index (κ2) is 5.09. The van der Waals surface area contributed by atoms with Gasteiger partial charge in [-0.1, -0.05) is 20.8 Å². The highest BCUT2D eigenvalue weighted by Crippen LogP contribution is 2.29. The lowest BCUT2D eigenvalue weighted by Crippen LogP contribution is -2.66. The molecule has 1 N–H and O–H groups in total. The molecule has 1 fully saturated rings. The van der Waals surface area contributed by atoms with Gasteiger partial charge < -0.3 is 5.32 Å². The summed E-state index contributed by atoms with van der Waals surface area (Å²) >= 11 is 0. The first kappa shape index (κ1) is 15.4.